The van der Waals surface area contributed by atoms with E-state index in [2.05, 4.69) is 0 Å². The number of rotatable bonds is 2. The molecule has 0 amide bonds. The summed E-state index contributed by atoms with van der Waals surface area (Å²) in [5, 5.41) is 0.175. The molecular formula is C9H10OS. The van der Waals surface area contributed by atoms with E-state index >= 15 is 0 Å². The van der Waals surface area contributed by atoms with Crippen molar-refractivity contribution in [3.63, 3.8) is 0 Å². The summed E-state index contributed by atoms with van der Waals surface area (Å²) < 4.78 is 0. The molecule has 0 fully saturated rings. The molecule has 0 spiro atoms. The molecule has 0 atom stereocenters. The Morgan fingerprint density at radius 1 is 1.36 bits per heavy atom. The Bertz CT molecular complexity index is 231. The van der Waals surface area contributed by atoms with Crippen LogP contribution in [0.15, 0.2) is 30.3 Å². The second-order valence-electron chi connectivity index (χ2n) is 2.27. The van der Waals surface area contributed by atoms with Gasteiger partial charge in [0.1, 0.15) is 0 Å². The summed E-state index contributed by atoms with van der Waals surface area (Å²) in [4.78, 5) is 10.6. The first-order chi connectivity index (χ1) is 5.29. The Kier molecular flexibility index (Phi) is 3.17. The average Bonchev–Trinajstić information content (AvgIpc) is 2.03. The summed E-state index contributed by atoms with van der Waals surface area (Å²) in [6.45, 7) is 1.59. The molecular weight excluding hydrogens is 156 g/mol. The lowest BCUT2D eigenvalue weighted by atomic mass is 10.2. The minimum absolute atomic E-state index is 0.175. The van der Waals surface area contributed by atoms with Gasteiger partial charge in [0.15, 0.2) is 5.12 Å². The highest BCUT2D eigenvalue weighted by Crippen LogP contribution is 2.11. The molecule has 0 unspecified atom stereocenters. The summed E-state index contributed by atoms with van der Waals surface area (Å²) in [7, 11) is 0. The Morgan fingerprint density at radius 2 is 2.00 bits per heavy atom. The molecule has 58 valence electrons. The van der Waals surface area contributed by atoms with Gasteiger partial charge in [0, 0.05) is 12.7 Å². The van der Waals surface area contributed by atoms with E-state index in [4.69, 9.17) is 0 Å². The Hall–Kier alpha value is -0.760. The molecule has 1 rings (SSSR count). The molecule has 2 heteroatoms. The van der Waals surface area contributed by atoms with E-state index in [1.54, 1.807) is 6.92 Å². The summed E-state index contributed by atoms with van der Waals surface area (Å²) >= 11 is 1.35. The molecule has 0 saturated carbocycles. The van der Waals surface area contributed by atoms with E-state index in [1.165, 1.54) is 17.3 Å². The second kappa shape index (κ2) is 4.19. The van der Waals surface area contributed by atoms with Crippen LogP contribution >= 0.6 is 11.8 Å². The van der Waals surface area contributed by atoms with E-state index in [1.807, 2.05) is 30.3 Å². The van der Waals surface area contributed by atoms with Gasteiger partial charge >= 0.3 is 0 Å². The van der Waals surface area contributed by atoms with E-state index in [0.717, 1.165) is 5.75 Å². The molecule has 0 radical (unpaired) electrons. The quantitative estimate of drug-likeness (QED) is 0.671. The largest absolute Gasteiger partial charge is 0.288 e. The standard InChI is InChI=1S/C9H10OS/c1-8(10)11-7-9-5-3-2-4-6-9/h2-6H,7H2,1H3. The lowest BCUT2D eigenvalue weighted by Crippen LogP contribution is -1.84. The zero-order valence-electron chi connectivity index (χ0n) is 6.41. The molecule has 0 heterocycles. The molecule has 1 aromatic carbocycles. The van der Waals surface area contributed by atoms with Gasteiger partial charge in [0.2, 0.25) is 0 Å². The zero-order valence-corrected chi connectivity index (χ0v) is 7.23. The lowest BCUT2D eigenvalue weighted by Gasteiger charge is -1.95. The van der Waals surface area contributed by atoms with Crippen molar-refractivity contribution in [3.8, 4) is 0 Å². The maximum Gasteiger partial charge on any atom is 0.186 e. The van der Waals surface area contributed by atoms with E-state index in [0.29, 0.717) is 0 Å². The van der Waals surface area contributed by atoms with Crippen LogP contribution in [0.2, 0.25) is 0 Å². The molecule has 0 aliphatic rings. The maximum atomic E-state index is 10.6. The molecule has 0 aliphatic carbocycles. The topological polar surface area (TPSA) is 17.1 Å². The van der Waals surface area contributed by atoms with Crippen molar-refractivity contribution in [2.45, 2.75) is 12.7 Å². The van der Waals surface area contributed by atoms with Gasteiger partial charge in [-0.05, 0) is 5.56 Å². The van der Waals surface area contributed by atoms with Crippen molar-refractivity contribution in [2.24, 2.45) is 0 Å². The number of carbonyl (C=O) groups excluding carboxylic acids is 1. The van der Waals surface area contributed by atoms with Crippen molar-refractivity contribution >= 4 is 16.9 Å². The summed E-state index contributed by atoms with van der Waals surface area (Å²) in [6.07, 6.45) is 0. The molecule has 0 bridgehead atoms. The van der Waals surface area contributed by atoms with Crippen molar-refractivity contribution in [1.29, 1.82) is 0 Å². The summed E-state index contributed by atoms with van der Waals surface area (Å²) in [5.74, 6) is 0.788. The van der Waals surface area contributed by atoms with Crippen molar-refractivity contribution in [2.75, 3.05) is 0 Å². The van der Waals surface area contributed by atoms with Crippen LogP contribution in [-0.4, -0.2) is 5.12 Å². The summed E-state index contributed by atoms with van der Waals surface area (Å²) in [6, 6.07) is 9.99. The first-order valence-corrected chi connectivity index (χ1v) is 4.45. The fraction of sp³-hybridized carbons (Fsp3) is 0.222. The number of hydrogen-bond donors (Lipinski definition) is 0. The van der Waals surface area contributed by atoms with Crippen LogP contribution in [0.25, 0.3) is 0 Å². The molecule has 11 heavy (non-hydrogen) atoms. The number of benzene rings is 1. The Balaban J connectivity index is 2.45. The van der Waals surface area contributed by atoms with Crippen LogP contribution in [0.4, 0.5) is 0 Å². The average molecular weight is 166 g/mol. The smallest absolute Gasteiger partial charge is 0.186 e. The normalized spacial score (nSPS) is 9.55. The third kappa shape index (κ3) is 3.23. The minimum Gasteiger partial charge on any atom is -0.288 e. The van der Waals surface area contributed by atoms with Crippen LogP contribution < -0.4 is 0 Å². The highest BCUT2D eigenvalue weighted by atomic mass is 32.2. The third-order valence-electron chi connectivity index (χ3n) is 1.28. The van der Waals surface area contributed by atoms with Gasteiger partial charge in [-0.1, -0.05) is 42.1 Å². The zero-order chi connectivity index (χ0) is 8.10. The minimum atomic E-state index is 0.175. The van der Waals surface area contributed by atoms with Crippen LogP contribution in [0.1, 0.15) is 12.5 Å². The van der Waals surface area contributed by atoms with Gasteiger partial charge in [0.25, 0.3) is 0 Å². The van der Waals surface area contributed by atoms with Gasteiger partial charge in [-0.25, -0.2) is 0 Å². The van der Waals surface area contributed by atoms with Crippen LogP contribution in [0.5, 0.6) is 0 Å². The highest BCUT2D eigenvalue weighted by Gasteiger charge is 1.94. The number of hydrogen-bond acceptors (Lipinski definition) is 2. The molecule has 0 aromatic heterocycles. The van der Waals surface area contributed by atoms with Gasteiger partial charge < -0.3 is 0 Å². The fourth-order valence-electron chi connectivity index (χ4n) is 0.759. The van der Waals surface area contributed by atoms with E-state index in [-0.39, 0.29) is 5.12 Å². The van der Waals surface area contributed by atoms with E-state index in [9.17, 15) is 4.79 Å². The van der Waals surface area contributed by atoms with Gasteiger partial charge in [-0.2, -0.15) is 0 Å². The second-order valence-corrected chi connectivity index (χ2v) is 3.42. The first-order valence-electron chi connectivity index (χ1n) is 3.46. The SMILES string of the molecule is CC(=O)SCc1ccccc1. The Morgan fingerprint density at radius 3 is 2.55 bits per heavy atom. The lowest BCUT2D eigenvalue weighted by molar-refractivity contribution is -0.109. The summed E-state index contributed by atoms with van der Waals surface area (Å²) in [5.41, 5.74) is 1.20. The van der Waals surface area contributed by atoms with Crippen molar-refractivity contribution in [3.05, 3.63) is 35.9 Å². The molecule has 1 nitrogen and oxygen atoms in total. The van der Waals surface area contributed by atoms with Gasteiger partial charge in [-0.15, -0.1) is 0 Å². The monoisotopic (exact) mass is 166 g/mol. The first kappa shape index (κ1) is 8.34. The third-order valence-corrected chi connectivity index (χ3v) is 2.17. The number of carbonyl (C=O) groups is 1. The molecule has 0 N–H and O–H groups in total. The molecule has 0 saturated heterocycles. The fourth-order valence-corrected chi connectivity index (χ4v) is 1.32. The van der Waals surface area contributed by atoms with Crippen LogP contribution in [-0.2, 0) is 10.5 Å². The predicted octanol–water partition coefficient (Wildman–Crippen LogP) is 2.47. The van der Waals surface area contributed by atoms with Gasteiger partial charge in [0.05, 0.1) is 0 Å². The maximum absolute atomic E-state index is 10.6. The van der Waals surface area contributed by atoms with Crippen LogP contribution in [0.3, 0.4) is 0 Å². The number of thioether (sulfide) groups is 1. The highest BCUT2D eigenvalue weighted by molar-refractivity contribution is 8.12. The molecule has 1 aromatic rings. The van der Waals surface area contributed by atoms with Crippen molar-refractivity contribution < 1.29 is 4.79 Å². The predicted molar refractivity (Wildman–Crippen MR) is 48.4 cm³/mol. The molecule has 0 aliphatic heterocycles. The van der Waals surface area contributed by atoms with Crippen LogP contribution in [0, 0.1) is 0 Å². The van der Waals surface area contributed by atoms with E-state index < -0.39 is 0 Å². The van der Waals surface area contributed by atoms with Gasteiger partial charge in [-0.3, -0.25) is 4.79 Å². The Labute approximate surface area is 70.8 Å². The van der Waals surface area contributed by atoms with Crippen molar-refractivity contribution in [1.82, 2.24) is 0 Å².